The van der Waals surface area contributed by atoms with E-state index in [4.69, 9.17) is 0 Å². The molecule has 0 aliphatic carbocycles. The molecular formula is C8H10Si. The predicted molar refractivity (Wildman–Crippen MR) is 45.1 cm³/mol. The van der Waals surface area contributed by atoms with Crippen molar-refractivity contribution >= 4 is 20.5 Å². The number of hydrogen-bond acceptors (Lipinski definition) is 0. The summed E-state index contributed by atoms with van der Waals surface area (Å²) in [7, 11) is 0.246. The molecule has 0 amide bonds. The molecule has 0 heterocycles. The van der Waals surface area contributed by atoms with Gasteiger partial charge in [-0.15, -0.1) is 6.17 Å². The lowest BCUT2D eigenvalue weighted by atomic mass is 10.2. The van der Waals surface area contributed by atoms with E-state index in [0.29, 0.717) is 0 Å². The Labute approximate surface area is 58.0 Å². The minimum Gasteiger partial charge on any atom is -0.117 e. The molecule has 0 atom stereocenters. The molecular weight excluding hydrogens is 124 g/mol. The quantitative estimate of drug-likeness (QED) is 0.490. The number of hydrogen-bond donors (Lipinski definition) is 0. The monoisotopic (exact) mass is 134 g/mol. The summed E-state index contributed by atoms with van der Waals surface area (Å²) in [6.07, 6.45) is 3.90. The van der Waals surface area contributed by atoms with E-state index in [0.717, 1.165) is 0 Å². The van der Waals surface area contributed by atoms with Crippen molar-refractivity contribution in [1.29, 1.82) is 0 Å². The zero-order valence-corrected chi connectivity index (χ0v) is 6.75. The van der Waals surface area contributed by atoms with Crippen LogP contribution >= 0.6 is 0 Å². The molecule has 9 heavy (non-hydrogen) atoms. The van der Waals surface area contributed by atoms with Crippen molar-refractivity contribution in [3.63, 3.8) is 0 Å². The summed E-state index contributed by atoms with van der Waals surface area (Å²) in [4.78, 5) is 0. The van der Waals surface area contributed by atoms with Crippen LogP contribution in [0.4, 0.5) is 0 Å². The van der Waals surface area contributed by atoms with Gasteiger partial charge in [0, 0.05) is 9.13 Å². The van der Waals surface area contributed by atoms with Gasteiger partial charge in [0.1, 0.15) is 0 Å². The first-order chi connectivity index (χ1) is 4.34. The van der Waals surface area contributed by atoms with Crippen molar-refractivity contribution in [2.45, 2.75) is 6.92 Å². The fraction of sp³-hybridized carbons (Fsp3) is 0.125. The first-order valence-corrected chi connectivity index (χ1v) is 4.42. The molecule has 0 radical (unpaired) electrons. The van der Waals surface area contributed by atoms with Gasteiger partial charge in [0.05, 0.1) is 0 Å². The minimum atomic E-state index is 0.246. The van der Waals surface area contributed by atoms with Crippen molar-refractivity contribution in [2.75, 3.05) is 0 Å². The SMILES string of the molecule is C=[SiH]c1ccccc1C. The molecule has 0 aromatic heterocycles. The highest BCUT2D eigenvalue weighted by Crippen LogP contribution is 1.89. The standard InChI is InChI=1S/C8H10Si/c1-7-5-3-4-6-8(7)9-2/h3-6,9H,2H2,1H3. The van der Waals surface area contributed by atoms with E-state index in [2.05, 4.69) is 37.4 Å². The molecule has 0 spiro atoms. The maximum absolute atomic E-state index is 3.90. The fourth-order valence-electron chi connectivity index (χ4n) is 0.816. The maximum atomic E-state index is 3.90. The largest absolute Gasteiger partial charge is 0.117 e. The maximum Gasteiger partial charge on any atom is 0.0221 e. The zero-order chi connectivity index (χ0) is 6.69. The van der Waals surface area contributed by atoms with Crippen molar-refractivity contribution < 1.29 is 0 Å². The summed E-state index contributed by atoms with van der Waals surface area (Å²) in [5.74, 6) is 0. The van der Waals surface area contributed by atoms with E-state index >= 15 is 0 Å². The van der Waals surface area contributed by atoms with Gasteiger partial charge in [-0.1, -0.05) is 24.3 Å². The highest BCUT2D eigenvalue weighted by Gasteiger charge is 1.86. The van der Waals surface area contributed by atoms with Crippen LogP contribution in [0.2, 0.25) is 0 Å². The predicted octanol–water partition coefficient (Wildman–Crippen LogP) is 0.489. The summed E-state index contributed by atoms with van der Waals surface area (Å²) in [5.41, 5.74) is 1.38. The van der Waals surface area contributed by atoms with Crippen molar-refractivity contribution in [3.05, 3.63) is 29.8 Å². The van der Waals surface area contributed by atoms with Crippen LogP contribution in [-0.4, -0.2) is 15.3 Å². The summed E-state index contributed by atoms with van der Waals surface area (Å²) in [6.45, 7) is 2.13. The lowest BCUT2D eigenvalue weighted by Gasteiger charge is -1.95. The van der Waals surface area contributed by atoms with Crippen LogP contribution in [-0.2, 0) is 0 Å². The molecule has 1 rings (SSSR count). The second kappa shape index (κ2) is 2.74. The molecule has 0 nitrogen and oxygen atoms in total. The highest BCUT2D eigenvalue weighted by atomic mass is 28.2. The van der Waals surface area contributed by atoms with Gasteiger partial charge in [-0.3, -0.25) is 0 Å². The Morgan fingerprint density at radius 3 is 2.44 bits per heavy atom. The summed E-state index contributed by atoms with van der Waals surface area (Å²) >= 11 is 0. The van der Waals surface area contributed by atoms with E-state index in [1.165, 1.54) is 10.8 Å². The number of aryl methyl sites for hydroxylation is 1. The Morgan fingerprint density at radius 1 is 1.33 bits per heavy atom. The number of benzene rings is 1. The molecule has 0 unspecified atom stereocenters. The average Bonchev–Trinajstić information content (AvgIpc) is 1.89. The van der Waals surface area contributed by atoms with Gasteiger partial charge >= 0.3 is 0 Å². The zero-order valence-electron chi connectivity index (χ0n) is 5.59. The van der Waals surface area contributed by atoms with Gasteiger partial charge < -0.3 is 0 Å². The molecule has 46 valence electrons. The number of rotatable bonds is 1. The lowest BCUT2D eigenvalue weighted by molar-refractivity contribution is 1.52. The third-order valence-electron chi connectivity index (χ3n) is 1.41. The molecule has 0 fully saturated rings. The highest BCUT2D eigenvalue weighted by molar-refractivity contribution is 6.57. The first-order valence-electron chi connectivity index (χ1n) is 3.02. The first kappa shape index (κ1) is 6.43. The van der Waals surface area contributed by atoms with Crippen molar-refractivity contribution in [1.82, 2.24) is 0 Å². The van der Waals surface area contributed by atoms with E-state index in [-0.39, 0.29) is 9.13 Å². The van der Waals surface area contributed by atoms with Crippen LogP contribution in [0.25, 0.3) is 0 Å². The molecule has 1 aromatic rings. The molecule has 0 saturated heterocycles. The van der Waals surface area contributed by atoms with Crippen LogP contribution in [0.5, 0.6) is 0 Å². The van der Waals surface area contributed by atoms with Crippen LogP contribution in [0, 0.1) is 6.92 Å². The Bertz CT molecular complexity index is 216. The van der Waals surface area contributed by atoms with E-state index < -0.39 is 0 Å². The lowest BCUT2D eigenvalue weighted by Crippen LogP contribution is -2.09. The van der Waals surface area contributed by atoms with Gasteiger partial charge in [-0.25, -0.2) is 0 Å². The smallest absolute Gasteiger partial charge is 0.0221 e. The summed E-state index contributed by atoms with van der Waals surface area (Å²) < 4.78 is 0. The molecule has 0 bridgehead atoms. The van der Waals surface area contributed by atoms with Gasteiger partial charge in [0.15, 0.2) is 0 Å². The Morgan fingerprint density at radius 2 is 2.00 bits per heavy atom. The molecule has 0 N–H and O–H groups in total. The Hall–Kier alpha value is -0.693. The van der Waals surface area contributed by atoms with Gasteiger partial charge in [0.2, 0.25) is 0 Å². The topological polar surface area (TPSA) is 0 Å². The molecule has 1 heteroatoms. The van der Waals surface area contributed by atoms with Crippen LogP contribution in [0.1, 0.15) is 5.56 Å². The van der Waals surface area contributed by atoms with Gasteiger partial charge in [0.25, 0.3) is 0 Å². The van der Waals surface area contributed by atoms with Crippen LogP contribution in [0.15, 0.2) is 24.3 Å². The molecule has 1 aromatic carbocycles. The van der Waals surface area contributed by atoms with E-state index in [1.54, 1.807) is 0 Å². The Kier molecular flexibility index (Phi) is 1.95. The minimum absolute atomic E-state index is 0.246. The van der Waals surface area contributed by atoms with Crippen LogP contribution < -0.4 is 5.19 Å². The third kappa shape index (κ3) is 1.36. The van der Waals surface area contributed by atoms with Crippen molar-refractivity contribution in [3.8, 4) is 0 Å². The van der Waals surface area contributed by atoms with Crippen LogP contribution in [0.3, 0.4) is 0 Å². The summed E-state index contributed by atoms with van der Waals surface area (Å²) in [5, 5.41) is 1.43. The summed E-state index contributed by atoms with van der Waals surface area (Å²) in [6, 6.07) is 8.42. The normalized spacial score (nSPS) is 9.00. The van der Waals surface area contributed by atoms with Crippen molar-refractivity contribution in [2.24, 2.45) is 0 Å². The molecule has 0 saturated carbocycles. The van der Waals surface area contributed by atoms with Gasteiger partial charge in [-0.2, -0.15) is 0 Å². The van der Waals surface area contributed by atoms with E-state index in [1.807, 2.05) is 0 Å². The van der Waals surface area contributed by atoms with E-state index in [9.17, 15) is 0 Å². The third-order valence-corrected chi connectivity index (χ3v) is 2.50. The van der Waals surface area contributed by atoms with Gasteiger partial charge in [-0.05, 0) is 17.7 Å². The Balaban J connectivity index is 3.15. The fourth-order valence-corrected chi connectivity index (χ4v) is 1.48. The molecule has 0 aliphatic heterocycles. The second-order valence-corrected chi connectivity index (χ2v) is 3.09. The average molecular weight is 134 g/mol. The second-order valence-electron chi connectivity index (χ2n) is 2.06. The molecule has 0 aliphatic rings.